The van der Waals surface area contributed by atoms with E-state index in [1.54, 1.807) is 7.11 Å². The van der Waals surface area contributed by atoms with Gasteiger partial charge >= 0.3 is 0 Å². The summed E-state index contributed by atoms with van der Waals surface area (Å²) in [5.41, 5.74) is 1.32. The summed E-state index contributed by atoms with van der Waals surface area (Å²) in [6, 6.07) is 9.28. The maximum atomic E-state index is 5.15. The Morgan fingerprint density at radius 3 is 2.50 bits per heavy atom. The molecule has 2 atom stereocenters. The molecule has 0 heterocycles. The number of benzene rings is 1. The molecule has 102 valence electrons. The molecular formula is C15H25NOS. The predicted molar refractivity (Wildman–Crippen MR) is 80.4 cm³/mol. The highest BCUT2D eigenvalue weighted by atomic mass is 32.2. The number of hydrogen-bond donors (Lipinski definition) is 1. The van der Waals surface area contributed by atoms with E-state index in [1.165, 1.54) is 10.5 Å². The second kappa shape index (κ2) is 8.57. The van der Waals surface area contributed by atoms with E-state index in [-0.39, 0.29) is 0 Å². The lowest BCUT2D eigenvalue weighted by Crippen LogP contribution is -2.34. The Morgan fingerprint density at radius 1 is 1.28 bits per heavy atom. The van der Waals surface area contributed by atoms with Gasteiger partial charge in [-0.05, 0) is 38.4 Å². The van der Waals surface area contributed by atoms with Gasteiger partial charge in [-0.25, -0.2) is 0 Å². The van der Waals surface area contributed by atoms with Gasteiger partial charge in [0.15, 0.2) is 0 Å². The lowest BCUT2D eigenvalue weighted by molar-refractivity contribution is 0.173. The van der Waals surface area contributed by atoms with Gasteiger partial charge in [0, 0.05) is 30.4 Å². The molecule has 0 aromatic heterocycles. The summed E-state index contributed by atoms with van der Waals surface area (Å²) in [6.45, 7) is 5.25. The van der Waals surface area contributed by atoms with Crippen molar-refractivity contribution in [3.05, 3.63) is 29.8 Å². The van der Waals surface area contributed by atoms with E-state index < -0.39 is 0 Å². The SMILES string of the molecule is CNC(CSc1ccc(C)cc1)C(C)CCOC. The summed E-state index contributed by atoms with van der Waals surface area (Å²) >= 11 is 1.92. The first-order valence-electron chi connectivity index (χ1n) is 6.53. The lowest BCUT2D eigenvalue weighted by Gasteiger charge is -2.23. The van der Waals surface area contributed by atoms with Crippen molar-refractivity contribution in [1.82, 2.24) is 5.32 Å². The average Bonchev–Trinajstić information content (AvgIpc) is 2.39. The van der Waals surface area contributed by atoms with Crippen LogP contribution in [0.1, 0.15) is 18.9 Å². The zero-order chi connectivity index (χ0) is 13.4. The Balaban J connectivity index is 2.41. The molecule has 18 heavy (non-hydrogen) atoms. The van der Waals surface area contributed by atoms with E-state index in [9.17, 15) is 0 Å². The van der Waals surface area contributed by atoms with Crippen molar-refractivity contribution < 1.29 is 4.74 Å². The quantitative estimate of drug-likeness (QED) is 0.730. The summed E-state index contributed by atoms with van der Waals surface area (Å²) in [6.07, 6.45) is 1.11. The van der Waals surface area contributed by atoms with Crippen LogP contribution in [0.2, 0.25) is 0 Å². The molecule has 0 amide bonds. The summed E-state index contributed by atoms with van der Waals surface area (Å²) in [5, 5.41) is 3.42. The van der Waals surface area contributed by atoms with Crippen LogP contribution in [0.15, 0.2) is 29.2 Å². The molecular weight excluding hydrogens is 242 g/mol. The molecule has 0 aliphatic heterocycles. The monoisotopic (exact) mass is 267 g/mol. The Kier molecular flexibility index (Phi) is 7.40. The summed E-state index contributed by atoms with van der Waals surface area (Å²) in [7, 11) is 3.81. The van der Waals surface area contributed by atoms with Crippen molar-refractivity contribution >= 4 is 11.8 Å². The fourth-order valence-corrected chi connectivity index (χ4v) is 3.05. The van der Waals surface area contributed by atoms with Crippen LogP contribution in [0.4, 0.5) is 0 Å². The van der Waals surface area contributed by atoms with Crippen LogP contribution >= 0.6 is 11.8 Å². The molecule has 0 aliphatic rings. The standard InChI is InChI=1S/C15H25NOS/c1-12-5-7-14(8-6-12)18-11-15(16-3)13(2)9-10-17-4/h5-8,13,15-16H,9-11H2,1-4H3. The molecule has 0 radical (unpaired) electrons. The van der Waals surface area contributed by atoms with Crippen LogP contribution < -0.4 is 5.32 Å². The van der Waals surface area contributed by atoms with E-state index in [0.717, 1.165) is 18.8 Å². The number of rotatable bonds is 8. The van der Waals surface area contributed by atoms with Gasteiger partial charge in [0.1, 0.15) is 0 Å². The molecule has 1 N–H and O–H groups in total. The second-order valence-corrected chi connectivity index (χ2v) is 5.87. The number of methoxy groups -OCH3 is 1. The molecule has 3 heteroatoms. The zero-order valence-electron chi connectivity index (χ0n) is 11.9. The number of thioether (sulfide) groups is 1. The minimum absolute atomic E-state index is 0.534. The molecule has 0 aliphatic carbocycles. The highest BCUT2D eigenvalue weighted by Gasteiger charge is 2.15. The number of nitrogens with one attached hydrogen (secondary N) is 1. The van der Waals surface area contributed by atoms with Crippen LogP contribution in [0, 0.1) is 12.8 Å². The Morgan fingerprint density at radius 2 is 1.94 bits per heavy atom. The predicted octanol–water partition coefficient (Wildman–Crippen LogP) is 3.35. The summed E-state index contributed by atoms with van der Waals surface area (Å²) in [4.78, 5) is 1.35. The highest BCUT2D eigenvalue weighted by molar-refractivity contribution is 7.99. The lowest BCUT2D eigenvalue weighted by atomic mass is 10.0. The van der Waals surface area contributed by atoms with Gasteiger partial charge in [-0.2, -0.15) is 0 Å². The fraction of sp³-hybridized carbons (Fsp3) is 0.600. The van der Waals surface area contributed by atoms with Crippen molar-refractivity contribution in [1.29, 1.82) is 0 Å². The maximum Gasteiger partial charge on any atom is 0.0465 e. The van der Waals surface area contributed by atoms with E-state index in [2.05, 4.69) is 43.4 Å². The number of hydrogen-bond acceptors (Lipinski definition) is 3. The van der Waals surface area contributed by atoms with Crippen molar-refractivity contribution in [3.63, 3.8) is 0 Å². The molecule has 1 aromatic carbocycles. The van der Waals surface area contributed by atoms with Crippen molar-refractivity contribution in [2.75, 3.05) is 26.5 Å². The number of ether oxygens (including phenoxy) is 1. The minimum atomic E-state index is 0.534. The third-order valence-corrected chi connectivity index (χ3v) is 4.42. The molecule has 1 rings (SSSR count). The summed E-state index contributed by atoms with van der Waals surface area (Å²) < 4.78 is 5.15. The normalized spacial score (nSPS) is 14.4. The first kappa shape index (κ1) is 15.5. The Bertz CT molecular complexity index is 326. The molecule has 0 bridgehead atoms. The molecule has 0 saturated heterocycles. The molecule has 0 spiro atoms. The van der Waals surface area contributed by atoms with Crippen molar-refractivity contribution in [2.24, 2.45) is 5.92 Å². The highest BCUT2D eigenvalue weighted by Crippen LogP contribution is 2.22. The second-order valence-electron chi connectivity index (χ2n) is 4.78. The number of aryl methyl sites for hydroxylation is 1. The maximum absolute atomic E-state index is 5.15. The summed E-state index contributed by atoms with van der Waals surface area (Å²) in [5.74, 6) is 1.73. The molecule has 0 fully saturated rings. The van der Waals surface area contributed by atoms with Gasteiger partial charge in [-0.1, -0.05) is 24.6 Å². The fourth-order valence-electron chi connectivity index (χ4n) is 1.86. The van der Waals surface area contributed by atoms with Gasteiger partial charge in [0.05, 0.1) is 0 Å². The van der Waals surface area contributed by atoms with Crippen LogP contribution in [0.3, 0.4) is 0 Å². The first-order valence-corrected chi connectivity index (χ1v) is 7.51. The van der Waals surface area contributed by atoms with Gasteiger partial charge in [-0.15, -0.1) is 11.8 Å². The average molecular weight is 267 g/mol. The van der Waals surface area contributed by atoms with Gasteiger partial charge < -0.3 is 10.1 Å². The largest absolute Gasteiger partial charge is 0.385 e. The Hall–Kier alpha value is -0.510. The third-order valence-electron chi connectivity index (χ3n) is 3.29. The minimum Gasteiger partial charge on any atom is -0.385 e. The first-order chi connectivity index (χ1) is 8.67. The van der Waals surface area contributed by atoms with Crippen LogP contribution in [0.25, 0.3) is 0 Å². The Labute approximate surface area is 116 Å². The molecule has 2 unspecified atom stereocenters. The van der Waals surface area contributed by atoms with Gasteiger partial charge in [0.25, 0.3) is 0 Å². The molecule has 1 aromatic rings. The smallest absolute Gasteiger partial charge is 0.0465 e. The van der Waals surface area contributed by atoms with Gasteiger partial charge in [0.2, 0.25) is 0 Å². The zero-order valence-corrected chi connectivity index (χ0v) is 12.7. The van der Waals surface area contributed by atoms with Crippen LogP contribution in [0.5, 0.6) is 0 Å². The third kappa shape index (κ3) is 5.42. The van der Waals surface area contributed by atoms with Crippen LogP contribution in [-0.2, 0) is 4.74 Å². The van der Waals surface area contributed by atoms with Crippen molar-refractivity contribution in [2.45, 2.75) is 31.2 Å². The van der Waals surface area contributed by atoms with Gasteiger partial charge in [-0.3, -0.25) is 0 Å². The van der Waals surface area contributed by atoms with Crippen molar-refractivity contribution in [3.8, 4) is 0 Å². The van der Waals surface area contributed by atoms with Crippen LogP contribution in [-0.4, -0.2) is 32.6 Å². The van der Waals surface area contributed by atoms with E-state index in [4.69, 9.17) is 4.74 Å². The molecule has 0 saturated carbocycles. The topological polar surface area (TPSA) is 21.3 Å². The molecule has 2 nitrogen and oxygen atoms in total. The van der Waals surface area contributed by atoms with E-state index >= 15 is 0 Å². The van der Waals surface area contributed by atoms with E-state index in [1.807, 2.05) is 18.8 Å². The van der Waals surface area contributed by atoms with E-state index in [0.29, 0.717) is 12.0 Å².